The molecule has 1 aromatic heterocycles. The lowest BCUT2D eigenvalue weighted by molar-refractivity contribution is 0.340. The number of ether oxygens (including phenoxy) is 1. The average molecular weight is 297 g/mol. The first-order valence-electron chi connectivity index (χ1n) is 6.93. The molecule has 22 heavy (non-hydrogen) atoms. The van der Waals surface area contributed by atoms with Crippen molar-refractivity contribution in [2.24, 2.45) is 0 Å². The molecular weight excluding hydrogens is 282 g/mol. The minimum absolute atomic E-state index is 0.444. The van der Waals surface area contributed by atoms with E-state index in [1.807, 2.05) is 13.0 Å². The molecule has 0 unspecified atom stereocenters. The van der Waals surface area contributed by atoms with E-state index in [1.54, 1.807) is 48.5 Å². The van der Waals surface area contributed by atoms with E-state index in [2.05, 4.69) is 5.10 Å². The van der Waals surface area contributed by atoms with Crippen LogP contribution in [0.3, 0.4) is 0 Å². The molecule has 1 heterocycles. The molecule has 0 aliphatic heterocycles. The average Bonchev–Trinajstić information content (AvgIpc) is 2.84. The third-order valence-electron chi connectivity index (χ3n) is 3.21. The number of nitrogens with zero attached hydrogens (tertiary/aromatic N) is 2. The van der Waals surface area contributed by atoms with Crippen molar-refractivity contribution < 1.29 is 4.74 Å². The molecule has 6 heteroatoms. The van der Waals surface area contributed by atoms with Gasteiger partial charge in [0.2, 0.25) is 0 Å². The molecule has 0 atom stereocenters. The first-order valence-corrected chi connectivity index (χ1v) is 6.93. The van der Waals surface area contributed by atoms with Gasteiger partial charge in [0.1, 0.15) is 5.75 Å². The number of aromatic nitrogens is 3. The highest BCUT2D eigenvalue weighted by Crippen LogP contribution is 2.13. The highest BCUT2D eigenvalue weighted by Gasteiger charge is 2.12. The van der Waals surface area contributed by atoms with Crippen LogP contribution >= 0.6 is 0 Å². The smallest absolute Gasteiger partial charge is 0.356 e. The maximum Gasteiger partial charge on any atom is 0.356 e. The summed E-state index contributed by atoms with van der Waals surface area (Å²) in [5.74, 6) is 0.693. The molecule has 0 fully saturated rings. The Labute approximate surface area is 126 Å². The van der Waals surface area contributed by atoms with E-state index >= 15 is 0 Å². The Morgan fingerprint density at radius 2 is 1.64 bits per heavy atom. The lowest BCUT2D eigenvalue weighted by atomic mass is 10.3. The molecule has 3 aromatic rings. The Kier molecular flexibility index (Phi) is 3.65. The first kappa shape index (κ1) is 13.9. The lowest BCUT2D eigenvalue weighted by Crippen LogP contribution is -2.26. The van der Waals surface area contributed by atoms with Crippen LogP contribution in [-0.4, -0.2) is 21.0 Å². The molecule has 2 aromatic carbocycles. The maximum atomic E-state index is 12.5. The Bertz CT molecular complexity index is 873. The van der Waals surface area contributed by atoms with Gasteiger partial charge in [-0.15, -0.1) is 0 Å². The van der Waals surface area contributed by atoms with Crippen LogP contribution in [0.2, 0.25) is 0 Å². The summed E-state index contributed by atoms with van der Waals surface area (Å²) in [4.78, 5) is 24.6. The number of H-pyrrole nitrogens is 1. The second-order valence-corrected chi connectivity index (χ2v) is 4.63. The van der Waals surface area contributed by atoms with Crippen molar-refractivity contribution in [3.8, 4) is 17.1 Å². The van der Waals surface area contributed by atoms with Crippen molar-refractivity contribution in [1.29, 1.82) is 0 Å². The number of nitrogens with one attached hydrogen (secondary N) is 1. The number of para-hydroxylation sites is 1. The summed E-state index contributed by atoms with van der Waals surface area (Å²) in [7, 11) is 0. The predicted molar refractivity (Wildman–Crippen MR) is 83.2 cm³/mol. The number of hydrogen-bond acceptors (Lipinski definition) is 3. The van der Waals surface area contributed by atoms with E-state index < -0.39 is 11.4 Å². The van der Waals surface area contributed by atoms with E-state index in [9.17, 15) is 9.59 Å². The van der Waals surface area contributed by atoms with E-state index in [0.29, 0.717) is 23.7 Å². The van der Waals surface area contributed by atoms with Crippen molar-refractivity contribution in [2.75, 3.05) is 6.61 Å². The fraction of sp³-hybridized carbons (Fsp3) is 0.125. The maximum absolute atomic E-state index is 12.5. The van der Waals surface area contributed by atoms with E-state index in [1.165, 1.54) is 4.68 Å². The van der Waals surface area contributed by atoms with Crippen LogP contribution in [0.1, 0.15) is 6.92 Å². The minimum atomic E-state index is -0.488. The van der Waals surface area contributed by atoms with Crippen LogP contribution in [-0.2, 0) is 0 Å². The Balaban J connectivity index is 2.07. The van der Waals surface area contributed by atoms with Gasteiger partial charge < -0.3 is 4.74 Å². The molecule has 0 bridgehead atoms. The van der Waals surface area contributed by atoms with Gasteiger partial charge >= 0.3 is 11.4 Å². The number of aromatic amines is 1. The van der Waals surface area contributed by atoms with Gasteiger partial charge in [-0.2, -0.15) is 0 Å². The van der Waals surface area contributed by atoms with Gasteiger partial charge in [-0.05, 0) is 43.3 Å². The Hall–Kier alpha value is -3.02. The Morgan fingerprint density at radius 3 is 2.27 bits per heavy atom. The molecular formula is C16H15N3O3. The van der Waals surface area contributed by atoms with Crippen LogP contribution in [0.25, 0.3) is 11.4 Å². The van der Waals surface area contributed by atoms with Crippen molar-refractivity contribution in [3.63, 3.8) is 0 Å². The molecule has 1 N–H and O–H groups in total. The van der Waals surface area contributed by atoms with Crippen molar-refractivity contribution in [3.05, 3.63) is 75.6 Å². The number of hydrogen-bond donors (Lipinski definition) is 1. The van der Waals surface area contributed by atoms with Crippen molar-refractivity contribution in [2.45, 2.75) is 6.92 Å². The van der Waals surface area contributed by atoms with Gasteiger partial charge in [0, 0.05) is 0 Å². The third kappa shape index (κ3) is 2.46. The predicted octanol–water partition coefficient (Wildman–Crippen LogP) is 1.72. The topological polar surface area (TPSA) is 69.0 Å². The standard InChI is InChI=1S/C16H15N3O3/c1-2-22-14-10-8-12(9-11-14)18-15(20)17-19(16(18)21)13-6-4-3-5-7-13/h3-11H,2H2,1H3,(H,17,20). The third-order valence-corrected chi connectivity index (χ3v) is 3.21. The first-order chi connectivity index (χ1) is 10.7. The molecule has 3 rings (SSSR count). The fourth-order valence-electron chi connectivity index (χ4n) is 2.22. The molecule has 112 valence electrons. The summed E-state index contributed by atoms with van der Waals surface area (Å²) in [5.41, 5.74) is 0.164. The van der Waals surface area contributed by atoms with Gasteiger partial charge in [0.05, 0.1) is 18.0 Å². The van der Waals surface area contributed by atoms with Gasteiger partial charge in [0.25, 0.3) is 0 Å². The quantitative estimate of drug-likeness (QED) is 0.797. The lowest BCUT2D eigenvalue weighted by Gasteiger charge is -2.04. The van der Waals surface area contributed by atoms with Gasteiger partial charge in [-0.3, -0.25) is 0 Å². The normalized spacial score (nSPS) is 10.6. The van der Waals surface area contributed by atoms with E-state index in [-0.39, 0.29) is 0 Å². The minimum Gasteiger partial charge on any atom is -0.494 e. The van der Waals surface area contributed by atoms with Crippen LogP contribution in [0, 0.1) is 0 Å². The zero-order valence-corrected chi connectivity index (χ0v) is 12.0. The van der Waals surface area contributed by atoms with Crippen molar-refractivity contribution >= 4 is 0 Å². The zero-order valence-electron chi connectivity index (χ0n) is 12.0. The molecule has 0 aliphatic carbocycles. The monoisotopic (exact) mass is 297 g/mol. The van der Waals surface area contributed by atoms with E-state index in [0.717, 1.165) is 4.57 Å². The summed E-state index contributed by atoms with van der Waals surface area (Å²) in [6, 6.07) is 15.8. The summed E-state index contributed by atoms with van der Waals surface area (Å²) in [5, 5.41) is 2.55. The molecule has 0 radical (unpaired) electrons. The van der Waals surface area contributed by atoms with Crippen molar-refractivity contribution in [1.82, 2.24) is 14.3 Å². The van der Waals surface area contributed by atoms with Gasteiger partial charge in [-0.1, -0.05) is 18.2 Å². The molecule has 0 aliphatic rings. The molecule has 0 saturated heterocycles. The number of rotatable bonds is 4. The Morgan fingerprint density at radius 1 is 0.955 bits per heavy atom. The van der Waals surface area contributed by atoms with E-state index in [4.69, 9.17) is 4.74 Å². The van der Waals surface area contributed by atoms with Gasteiger partial charge in [-0.25, -0.2) is 23.9 Å². The summed E-state index contributed by atoms with van der Waals surface area (Å²) >= 11 is 0. The fourth-order valence-corrected chi connectivity index (χ4v) is 2.22. The highest BCUT2D eigenvalue weighted by molar-refractivity contribution is 5.38. The second-order valence-electron chi connectivity index (χ2n) is 4.63. The highest BCUT2D eigenvalue weighted by atomic mass is 16.5. The van der Waals surface area contributed by atoms with Crippen LogP contribution in [0.15, 0.2) is 64.2 Å². The molecule has 0 amide bonds. The molecule has 0 spiro atoms. The molecule has 6 nitrogen and oxygen atoms in total. The summed E-state index contributed by atoms with van der Waals surface area (Å²) < 4.78 is 7.66. The SMILES string of the molecule is CCOc1ccc(-n2c(=O)[nH]n(-c3ccccc3)c2=O)cc1. The van der Waals surface area contributed by atoms with Crippen LogP contribution < -0.4 is 16.1 Å². The van der Waals surface area contributed by atoms with Gasteiger partial charge in [0.15, 0.2) is 0 Å². The van der Waals surface area contributed by atoms with Crippen LogP contribution in [0.4, 0.5) is 0 Å². The molecule has 0 saturated carbocycles. The second kappa shape index (κ2) is 5.77. The summed E-state index contributed by atoms with van der Waals surface area (Å²) in [6.07, 6.45) is 0. The largest absolute Gasteiger partial charge is 0.494 e. The number of benzene rings is 2. The summed E-state index contributed by atoms with van der Waals surface area (Å²) in [6.45, 7) is 2.45. The zero-order chi connectivity index (χ0) is 15.5. The van der Waals surface area contributed by atoms with Crippen LogP contribution in [0.5, 0.6) is 5.75 Å².